The van der Waals surface area contributed by atoms with Gasteiger partial charge in [-0.2, -0.15) is 0 Å². The maximum atomic E-state index is 12.0. The summed E-state index contributed by atoms with van der Waals surface area (Å²) in [5, 5.41) is 0. The minimum atomic E-state index is -0.418. The highest BCUT2D eigenvalue weighted by Gasteiger charge is 2.33. The van der Waals surface area contributed by atoms with E-state index in [1.165, 1.54) is 12.8 Å². The molecule has 1 aliphatic rings. The number of halogens is 1. The Balaban J connectivity index is 2.59. The highest BCUT2D eigenvalue weighted by molar-refractivity contribution is 6.19. The van der Waals surface area contributed by atoms with Gasteiger partial charge in [0, 0.05) is 19.0 Å². The molecule has 0 N–H and O–H groups in total. The van der Waals surface area contributed by atoms with Gasteiger partial charge in [0.25, 0.3) is 0 Å². The first kappa shape index (κ1) is 11.8. The first-order chi connectivity index (χ1) is 6.49. The molecule has 0 saturated heterocycles. The van der Waals surface area contributed by atoms with Crippen molar-refractivity contribution in [2.75, 3.05) is 12.9 Å². The van der Waals surface area contributed by atoms with Crippen molar-refractivity contribution in [1.82, 2.24) is 4.90 Å². The average molecular weight is 218 g/mol. The van der Waals surface area contributed by atoms with Crippen molar-refractivity contribution in [3.63, 3.8) is 0 Å². The predicted octanol–water partition coefficient (Wildman–Crippen LogP) is 2.65. The van der Waals surface area contributed by atoms with Crippen LogP contribution in [0.2, 0.25) is 0 Å². The molecule has 1 amide bonds. The van der Waals surface area contributed by atoms with Crippen LogP contribution in [0.5, 0.6) is 0 Å². The predicted molar refractivity (Wildman–Crippen MR) is 59.5 cm³/mol. The number of carbonyl (C=O) groups excluding carboxylic acids is 1. The van der Waals surface area contributed by atoms with Crippen LogP contribution in [0.4, 0.5) is 0 Å². The van der Waals surface area contributed by atoms with Crippen molar-refractivity contribution in [3.8, 4) is 0 Å². The molecule has 0 aromatic carbocycles. The van der Waals surface area contributed by atoms with E-state index in [1.54, 1.807) is 0 Å². The quantitative estimate of drug-likeness (QED) is 0.666. The second-order valence-electron chi connectivity index (χ2n) is 4.87. The molecule has 14 heavy (non-hydrogen) atoms. The Bertz CT molecular complexity index is 209. The maximum Gasteiger partial charge on any atom is 0.229 e. The molecular formula is C11H20ClNO. The molecular weight excluding hydrogens is 198 g/mol. The fourth-order valence-electron chi connectivity index (χ4n) is 1.99. The van der Waals surface area contributed by atoms with Crippen LogP contribution in [0.25, 0.3) is 0 Å². The molecule has 0 spiro atoms. The Morgan fingerprint density at radius 2 is 1.93 bits per heavy atom. The summed E-state index contributed by atoms with van der Waals surface area (Å²) in [6.45, 7) is 3.82. The van der Waals surface area contributed by atoms with Gasteiger partial charge in [0.05, 0.1) is 5.41 Å². The summed E-state index contributed by atoms with van der Waals surface area (Å²) in [5.74, 6) is 0.572. The zero-order chi connectivity index (χ0) is 10.8. The molecule has 1 rings (SSSR count). The van der Waals surface area contributed by atoms with E-state index < -0.39 is 5.41 Å². The van der Waals surface area contributed by atoms with Crippen molar-refractivity contribution < 1.29 is 4.79 Å². The van der Waals surface area contributed by atoms with E-state index in [2.05, 4.69) is 0 Å². The van der Waals surface area contributed by atoms with E-state index in [4.69, 9.17) is 11.6 Å². The lowest BCUT2D eigenvalue weighted by molar-refractivity contribution is -0.139. The summed E-state index contributed by atoms with van der Waals surface area (Å²) in [7, 11) is 1.91. The number of amides is 1. The first-order valence-corrected chi connectivity index (χ1v) is 5.85. The second-order valence-corrected chi connectivity index (χ2v) is 5.14. The maximum absolute atomic E-state index is 12.0. The molecule has 3 heteroatoms. The molecule has 1 fully saturated rings. The molecule has 0 atom stereocenters. The van der Waals surface area contributed by atoms with Gasteiger partial charge in [0.15, 0.2) is 0 Å². The van der Waals surface area contributed by atoms with Gasteiger partial charge < -0.3 is 4.90 Å². The van der Waals surface area contributed by atoms with Crippen LogP contribution in [0.15, 0.2) is 0 Å². The Hall–Kier alpha value is -0.240. The van der Waals surface area contributed by atoms with E-state index >= 15 is 0 Å². The van der Waals surface area contributed by atoms with E-state index in [1.807, 2.05) is 25.8 Å². The molecule has 82 valence electrons. The summed E-state index contributed by atoms with van der Waals surface area (Å²) in [6.07, 6.45) is 4.81. The SMILES string of the molecule is CN(C(=O)C(C)(C)CCl)C1CCCC1. The number of alkyl halides is 1. The van der Waals surface area contributed by atoms with Gasteiger partial charge in [-0.25, -0.2) is 0 Å². The molecule has 1 saturated carbocycles. The fraction of sp³-hybridized carbons (Fsp3) is 0.909. The molecule has 0 aliphatic heterocycles. The van der Waals surface area contributed by atoms with Crippen LogP contribution in [-0.2, 0) is 4.79 Å². The Labute approximate surface area is 91.6 Å². The van der Waals surface area contributed by atoms with Crippen molar-refractivity contribution in [3.05, 3.63) is 0 Å². The monoisotopic (exact) mass is 217 g/mol. The van der Waals surface area contributed by atoms with Crippen LogP contribution in [0.1, 0.15) is 39.5 Å². The van der Waals surface area contributed by atoms with Crippen molar-refractivity contribution >= 4 is 17.5 Å². The lowest BCUT2D eigenvalue weighted by Gasteiger charge is -2.31. The van der Waals surface area contributed by atoms with Crippen molar-refractivity contribution in [2.45, 2.75) is 45.6 Å². The van der Waals surface area contributed by atoms with Gasteiger partial charge >= 0.3 is 0 Å². The van der Waals surface area contributed by atoms with Crippen molar-refractivity contribution in [1.29, 1.82) is 0 Å². The van der Waals surface area contributed by atoms with E-state index in [0.29, 0.717) is 11.9 Å². The standard InChI is InChI=1S/C11H20ClNO/c1-11(2,8-12)10(14)13(3)9-6-4-5-7-9/h9H,4-8H2,1-3H3. The number of rotatable bonds is 3. The molecule has 0 heterocycles. The van der Waals surface area contributed by atoms with E-state index in [0.717, 1.165) is 12.8 Å². The molecule has 0 aromatic rings. The summed E-state index contributed by atoms with van der Waals surface area (Å²) in [5.41, 5.74) is -0.418. The fourth-order valence-corrected chi connectivity index (χ4v) is 2.11. The van der Waals surface area contributed by atoms with Crippen LogP contribution in [-0.4, -0.2) is 29.8 Å². The lowest BCUT2D eigenvalue weighted by atomic mass is 9.93. The molecule has 2 nitrogen and oxygen atoms in total. The molecule has 0 bridgehead atoms. The molecule has 0 radical (unpaired) electrons. The third kappa shape index (κ3) is 2.41. The first-order valence-electron chi connectivity index (χ1n) is 5.32. The third-order valence-electron chi connectivity index (χ3n) is 3.11. The van der Waals surface area contributed by atoms with E-state index in [9.17, 15) is 4.79 Å². The third-order valence-corrected chi connectivity index (χ3v) is 3.77. The van der Waals surface area contributed by atoms with Gasteiger partial charge in [-0.3, -0.25) is 4.79 Å². The average Bonchev–Trinajstić information content (AvgIpc) is 2.68. The van der Waals surface area contributed by atoms with Crippen LogP contribution in [0.3, 0.4) is 0 Å². The highest BCUT2D eigenvalue weighted by Crippen LogP contribution is 2.27. The summed E-state index contributed by atoms with van der Waals surface area (Å²) in [4.78, 5) is 13.9. The molecule has 1 aliphatic carbocycles. The molecule has 0 aromatic heterocycles. The second kappa shape index (κ2) is 4.52. The number of hydrogen-bond donors (Lipinski definition) is 0. The minimum Gasteiger partial charge on any atom is -0.342 e. The van der Waals surface area contributed by atoms with Gasteiger partial charge in [0.1, 0.15) is 0 Å². The number of nitrogens with zero attached hydrogens (tertiary/aromatic N) is 1. The van der Waals surface area contributed by atoms with Crippen LogP contribution < -0.4 is 0 Å². The minimum absolute atomic E-state index is 0.180. The van der Waals surface area contributed by atoms with Gasteiger partial charge in [-0.05, 0) is 26.7 Å². The van der Waals surface area contributed by atoms with E-state index in [-0.39, 0.29) is 5.91 Å². The highest BCUT2D eigenvalue weighted by atomic mass is 35.5. The van der Waals surface area contributed by atoms with Crippen LogP contribution >= 0.6 is 11.6 Å². The summed E-state index contributed by atoms with van der Waals surface area (Å²) in [6, 6.07) is 0.449. The Morgan fingerprint density at radius 1 is 1.43 bits per heavy atom. The van der Waals surface area contributed by atoms with Crippen molar-refractivity contribution in [2.24, 2.45) is 5.41 Å². The Kier molecular flexibility index (Phi) is 3.82. The summed E-state index contributed by atoms with van der Waals surface area (Å²) >= 11 is 5.79. The zero-order valence-electron chi connectivity index (χ0n) is 9.35. The topological polar surface area (TPSA) is 20.3 Å². The van der Waals surface area contributed by atoms with Gasteiger partial charge in [0.2, 0.25) is 5.91 Å². The Morgan fingerprint density at radius 3 is 2.36 bits per heavy atom. The zero-order valence-corrected chi connectivity index (χ0v) is 10.1. The lowest BCUT2D eigenvalue weighted by Crippen LogP contribution is -2.44. The molecule has 0 unspecified atom stereocenters. The number of carbonyl (C=O) groups is 1. The van der Waals surface area contributed by atoms with Gasteiger partial charge in [-0.1, -0.05) is 12.8 Å². The normalized spacial score (nSPS) is 18.6. The number of hydrogen-bond acceptors (Lipinski definition) is 1. The van der Waals surface area contributed by atoms with Crippen LogP contribution in [0, 0.1) is 5.41 Å². The largest absolute Gasteiger partial charge is 0.342 e. The van der Waals surface area contributed by atoms with Gasteiger partial charge in [-0.15, -0.1) is 11.6 Å². The smallest absolute Gasteiger partial charge is 0.229 e. The summed E-state index contributed by atoms with van der Waals surface area (Å²) < 4.78 is 0.